The van der Waals surface area contributed by atoms with Crippen LogP contribution in [0.3, 0.4) is 0 Å². The number of nitrogens with two attached hydrogens (primary N) is 1. The lowest BCUT2D eigenvalue weighted by Crippen LogP contribution is -2.28. The van der Waals surface area contributed by atoms with Crippen molar-refractivity contribution in [2.24, 2.45) is 5.73 Å². The Morgan fingerprint density at radius 2 is 2.29 bits per heavy atom. The number of carbonyl (C=O) groups is 1. The summed E-state index contributed by atoms with van der Waals surface area (Å²) in [5, 5.41) is 12.3. The number of nitriles is 1. The number of amides is 1. The molecule has 1 aliphatic heterocycles. The van der Waals surface area contributed by atoms with E-state index in [1.165, 1.54) is 19.4 Å². The smallest absolute Gasteiger partial charge is 0.247 e. The maximum atomic E-state index is 12.5. The topological polar surface area (TPSA) is 110 Å². The maximum Gasteiger partial charge on any atom is 0.247 e. The van der Waals surface area contributed by atoms with Gasteiger partial charge in [0.05, 0.1) is 45.2 Å². The molecular formula is C21H22N4O3. The molecule has 0 saturated carbocycles. The van der Waals surface area contributed by atoms with E-state index >= 15 is 0 Å². The van der Waals surface area contributed by atoms with Gasteiger partial charge in [-0.3, -0.25) is 4.79 Å². The first-order valence-corrected chi connectivity index (χ1v) is 8.36. The zero-order chi connectivity index (χ0) is 24.7. The highest BCUT2D eigenvalue weighted by atomic mass is 16.5. The van der Waals surface area contributed by atoms with Crippen LogP contribution in [-0.2, 0) is 4.79 Å². The fourth-order valence-corrected chi connectivity index (χ4v) is 3.45. The average Bonchev–Trinajstić information content (AvgIpc) is 2.73. The van der Waals surface area contributed by atoms with E-state index in [4.69, 9.17) is 22.1 Å². The summed E-state index contributed by atoms with van der Waals surface area (Å²) in [5.74, 6) is -1.72. The molecule has 1 aliphatic rings. The molecule has 0 radical (unpaired) electrons. The number of hydrogen-bond donors (Lipinski definition) is 2. The second kappa shape index (κ2) is 7.61. The summed E-state index contributed by atoms with van der Waals surface area (Å²) in [6, 6.07) is 6.65. The number of nitrogens with zero attached hydrogens (tertiary/aromatic N) is 2. The molecule has 2 aromatic rings. The zero-order valence-electron chi connectivity index (χ0n) is 20.6. The van der Waals surface area contributed by atoms with Crippen molar-refractivity contribution in [1.82, 2.24) is 4.98 Å². The highest BCUT2D eigenvalue weighted by Crippen LogP contribution is 2.48. The Hall–Kier alpha value is -3.53. The summed E-state index contributed by atoms with van der Waals surface area (Å²) in [4.78, 5) is 16.7. The Morgan fingerprint density at radius 1 is 1.50 bits per heavy atom. The largest absolute Gasteiger partial charge is 0.496 e. The number of methoxy groups -OCH3 is 1. The van der Waals surface area contributed by atoms with Crippen molar-refractivity contribution in [2.75, 3.05) is 19.0 Å². The molecule has 7 heteroatoms. The number of ether oxygens (including phenoxy) is 2. The van der Waals surface area contributed by atoms with Crippen molar-refractivity contribution < 1.29 is 21.1 Å². The Bertz CT molecular complexity index is 1200. The van der Waals surface area contributed by atoms with Crippen molar-refractivity contribution >= 4 is 11.6 Å². The molecule has 0 fully saturated rings. The van der Waals surface area contributed by atoms with Crippen LogP contribution in [0.1, 0.15) is 48.8 Å². The van der Waals surface area contributed by atoms with E-state index in [0.29, 0.717) is 28.1 Å². The van der Waals surface area contributed by atoms with Crippen molar-refractivity contribution in [3.63, 3.8) is 0 Å². The number of benzene rings is 1. The van der Waals surface area contributed by atoms with Crippen LogP contribution in [0, 0.1) is 18.3 Å². The SMILES string of the molecule is [2H]C([2H])([2H])C([2H])([2H])Oc1ncc(C)c2c1C(c1ccc(C#N)cc1OC)C(C(N)=O)=C(C)N2. The lowest BCUT2D eigenvalue weighted by Gasteiger charge is -2.32. The van der Waals surface area contributed by atoms with Crippen LogP contribution < -0.4 is 20.5 Å². The molecule has 3 rings (SSSR count). The van der Waals surface area contributed by atoms with Gasteiger partial charge in [0.25, 0.3) is 0 Å². The van der Waals surface area contributed by atoms with Gasteiger partial charge >= 0.3 is 0 Å². The number of aryl methyl sites for hydroxylation is 1. The van der Waals surface area contributed by atoms with Gasteiger partial charge in [-0.15, -0.1) is 0 Å². The molecule has 144 valence electrons. The summed E-state index contributed by atoms with van der Waals surface area (Å²) in [7, 11) is 1.40. The number of allylic oxidation sites excluding steroid dienone is 1. The van der Waals surface area contributed by atoms with E-state index in [1.54, 1.807) is 26.0 Å². The number of pyridine rings is 1. The first-order chi connectivity index (χ1) is 15.3. The van der Waals surface area contributed by atoms with Crippen LogP contribution >= 0.6 is 0 Å². The molecule has 1 atom stereocenters. The van der Waals surface area contributed by atoms with Gasteiger partial charge in [0.1, 0.15) is 5.75 Å². The Labute approximate surface area is 170 Å². The molecule has 1 amide bonds. The van der Waals surface area contributed by atoms with E-state index in [9.17, 15) is 10.1 Å². The minimum Gasteiger partial charge on any atom is -0.496 e. The van der Waals surface area contributed by atoms with Gasteiger partial charge in [0, 0.05) is 27.1 Å². The second-order valence-corrected chi connectivity index (χ2v) is 6.27. The number of rotatable bonds is 5. The Morgan fingerprint density at radius 3 is 2.93 bits per heavy atom. The zero-order valence-corrected chi connectivity index (χ0v) is 15.6. The third kappa shape index (κ3) is 3.14. The molecule has 2 heterocycles. The van der Waals surface area contributed by atoms with Gasteiger partial charge in [-0.05, 0) is 38.4 Å². The first kappa shape index (κ1) is 13.6. The fraction of sp³-hybridized carbons (Fsp3) is 0.286. The third-order valence-electron chi connectivity index (χ3n) is 4.65. The molecule has 7 nitrogen and oxygen atoms in total. The molecular weight excluding hydrogens is 356 g/mol. The average molecular weight is 383 g/mol. The van der Waals surface area contributed by atoms with E-state index in [2.05, 4.69) is 10.3 Å². The number of hydrogen-bond acceptors (Lipinski definition) is 6. The first-order valence-electron chi connectivity index (χ1n) is 10.9. The Kier molecular flexibility index (Phi) is 3.70. The van der Waals surface area contributed by atoms with Crippen LogP contribution in [0.5, 0.6) is 11.6 Å². The molecule has 1 aromatic heterocycles. The number of nitrogens with one attached hydrogen (secondary N) is 1. The van der Waals surface area contributed by atoms with E-state index in [-0.39, 0.29) is 22.8 Å². The van der Waals surface area contributed by atoms with Gasteiger partial charge in [-0.25, -0.2) is 4.98 Å². The van der Waals surface area contributed by atoms with Gasteiger partial charge in [-0.2, -0.15) is 5.26 Å². The summed E-state index contributed by atoms with van der Waals surface area (Å²) in [5.41, 5.74) is 8.42. The monoisotopic (exact) mass is 383 g/mol. The van der Waals surface area contributed by atoms with Gasteiger partial charge in [-0.1, -0.05) is 6.07 Å². The molecule has 0 bridgehead atoms. The lowest BCUT2D eigenvalue weighted by molar-refractivity contribution is -0.114. The number of primary amides is 1. The summed E-state index contributed by atoms with van der Waals surface area (Å²) in [6.07, 6.45) is 1.41. The number of aromatic nitrogens is 1. The highest BCUT2D eigenvalue weighted by molar-refractivity contribution is 5.98. The molecule has 0 spiro atoms. The van der Waals surface area contributed by atoms with E-state index < -0.39 is 25.2 Å². The Balaban J connectivity index is 2.36. The number of fused-ring (bicyclic) bond motifs is 1. The molecule has 1 aromatic carbocycles. The summed E-state index contributed by atoms with van der Waals surface area (Å²) in [6.45, 7) is -2.76. The van der Waals surface area contributed by atoms with Crippen LogP contribution in [0.25, 0.3) is 0 Å². The predicted molar refractivity (Wildman–Crippen MR) is 105 cm³/mol. The second-order valence-electron chi connectivity index (χ2n) is 6.27. The van der Waals surface area contributed by atoms with E-state index in [1.807, 2.05) is 6.07 Å². The van der Waals surface area contributed by atoms with Crippen LogP contribution in [0.4, 0.5) is 5.69 Å². The van der Waals surface area contributed by atoms with Crippen molar-refractivity contribution in [3.05, 3.63) is 57.9 Å². The maximum absolute atomic E-state index is 12.5. The summed E-state index contributed by atoms with van der Waals surface area (Å²) < 4.78 is 49.1. The van der Waals surface area contributed by atoms with Gasteiger partial charge < -0.3 is 20.5 Å². The van der Waals surface area contributed by atoms with Gasteiger partial charge in [0.2, 0.25) is 11.8 Å². The number of anilines is 1. The standard InChI is InChI=1S/C21H22N4O3/c1-5-28-21-18-17(14-7-6-13(9-22)8-15(14)27-4)16(20(23)26)12(3)25-19(18)11(2)10-24-21/h6-8,10,17,25H,5H2,1-4H3,(H2,23,26)/i1D3,5D2. The van der Waals surface area contributed by atoms with Crippen LogP contribution in [0.2, 0.25) is 0 Å². The minimum absolute atomic E-state index is 0.136. The molecule has 28 heavy (non-hydrogen) atoms. The predicted octanol–water partition coefficient (Wildman–Crippen LogP) is 2.99. The quantitative estimate of drug-likeness (QED) is 0.821. The molecule has 3 N–H and O–H groups in total. The highest BCUT2D eigenvalue weighted by Gasteiger charge is 2.36. The normalized spacial score (nSPS) is 18.9. The lowest BCUT2D eigenvalue weighted by atomic mass is 9.79. The van der Waals surface area contributed by atoms with Crippen LogP contribution in [0.15, 0.2) is 35.7 Å². The fourth-order valence-electron chi connectivity index (χ4n) is 3.45. The van der Waals surface area contributed by atoms with Crippen molar-refractivity contribution in [2.45, 2.75) is 26.6 Å². The van der Waals surface area contributed by atoms with E-state index in [0.717, 1.165) is 0 Å². The van der Waals surface area contributed by atoms with Crippen molar-refractivity contribution in [1.29, 1.82) is 5.26 Å². The summed E-state index contributed by atoms with van der Waals surface area (Å²) >= 11 is 0. The van der Waals surface area contributed by atoms with Gasteiger partial charge in [0.15, 0.2) is 0 Å². The molecule has 1 unspecified atom stereocenters. The molecule has 0 saturated heterocycles. The minimum atomic E-state index is -3.10. The van der Waals surface area contributed by atoms with Crippen molar-refractivity contribution in [3.8, 4) is 17.7 Å². The number of carbonyl (C=O) groups excluding carboxylic acids is 1. The third-order valence-corrected chi connectivity index (χ3v) is 4.65. The van der Waals surface area contributed by atoms with Crippen LogP contribution in [-0.4, -0.2) is 24.6 Å². The molecule has 0 aliphatic carbocycles.